The Morgan fingerprint density at radius 1 is 1.04 bits per heavy atom. The first kappa shape index (κ1) is 18.9. The molecule has 0 saturated carbocycles. The van der Waals surface area contributed by atoms with E-state index in [2.05, 4.69) is 26.0 Å². The van der Waals surface area contributed by atoms with Crippen LogP contribution in [0.15, 0.2) is 42.5 Å². The molecule has 1 aromatic heterocycles. The lowest BCUT2D eigenvalue weighted by Crippen LogP contribution is -2.37. The minimum absolute atomic E-state index is 0.0315. The minimum atomic E-state index is -0.782. The summed E-state index contributed by atoms with van der Waals surface area (Å²) in [5.74, 6) is -0.482. The number of nitrogens with zero attached hydrogens (tertiary/aromatic N) is 1. The zero-order chi connectivity index (χ0) is 18.4. The molecular formula is C20H27NO4. The van der Waals surface area contributed by atoms with Crippen LogP contribution < -0.4 is 0 Å². The van der Waals surface area contributed by atoms with Crippen LogP contribution in [0.4, 0.5) is 0 Å². The summed E-state index contributed by atoms with van der Waals surface area (Å²) in [7, 11) is 0. The molecule has 0 radical (unpaired) electrons. The van der Waals surface area contributed by atoms with E-state index in [0.29, 0.717) is 13.0 Å². The molecule has 0 saturated heterocycles. The number of carbonyl (C=O) groups is 1. The quantitative estimate of drug-likeness (QED) is 0.597. The van der Waals surface area contributed by atoms with Gasteiger partial charge in [-0.1, -0.05) is 50.6 Å². The molecule has 0 fully saturated rings. The maximum atomic E-state index is 10.8. The Balaban J connectivity index is 2.36. The fourth-order valence-corrected chi connectivity index (χ4v) is 3.50. The summed E-state index contributed by atoms with van der Waals surface area (Å²) in [5, 5.41) is 29.1. The molecule has 2 rings (SSSR count). The first-order chi connectivity index (χ1) is 11.9. The molecule has 1 aromatic carbocycles. The van der Waals surface area contributed by atoms with E-state index < -0.39 is 5.97 Å². The van der Waals surface area contributed by atoms with Crippen molar-refractivity contribution >= 4 is 5.97 Å². The highest BCUT2D eigenvalue weighted by Gasteiger charge is 2.36. The molecule has 0 aliphatic heterocycles. The van der Waals surface area contributed by atoms with Gasteiger partial charge in [-0.3, -0.25) is 9.36 Å². The summed E-state index contributed by atoms with van der Waals surface area (Å²) in [4.78, 5) is 10.8. The highest BCUT2D eigenvalue weighted by Crippen LogP contribution is 2.41. The SMILES string of the molecule is CC(C)C(CCCCC(=O)O)(Cn1c(O)ccc1O)c1ccccc1. The van der Waals surface area contributed by atoms with Gasteiger partial charge in [0.1, 0.15) is 0 Å². The van der Waals surface area contributed by atoms with E-state index in [1.807, 2.05) is 18.2 Å². The lowest BCUT2D eigenvalue weighted by atomic mass is 9.68. The van der Waals surface area contributed by atoms with Gasteiger partial charge in [-0.05, 0) is 24.3 Å². The average molecular weight is 345 g/mol. The van der Waals surface area contributed by atoms with Crippen molar-refractivity contribution in [1.29, 1.82) is 0 Å². The summed E-state index contributed by atoms with van der Waals surface area (Å²) in [6.45, 7) is 4.69. The number of hydrogen-bond acceptors (Lipinski definition) is 3. The standard InChI is InChI=1S/C20H27NO4/c1-15(2)20(13-7-6-10-19(24)25,16-8-4-3-5-9-16)14-21-17(22)11-12-18(21)23/h3-5,8-9,11-12,15,22-23H,6-7,10,13-14H2,1-2H3,(H,24,25). The Kier molecular flexibility index (Phi) is 6.12. The van der Waals surface area contributed by atoms with E-state index in [-0.39, 0.29) is 29.5 Å². The molecule has 0 bridgehead atoms. The van der Waals surface area contributed by atoms with Crippen LogP contribution in [0.2, 0.25) is 0 Å². The van der Waals surface area contributed by atoms with Crippen LogP contribution >= 0.6 is 0 Å². The normalized spacial score (nSPS) is 13.7. The number of hydrogen-bond donors (Lipinski definition) is 3. The maximum Gasteiger partial charge on any atom is 0.303 e. The second kappa shape index (κ2) is 8.10. The molecule has 25 heavy (non-hydrogen) atoms. The van der Waals surface area contributed by atoms with Gasteiger partial charge >= 0.3 is 5.97 Å². The monoisotopic (exact) mass is 345 g/mol. The van der Waals surface area contributed by atoms with Crippen molar-refractivity contribution in [2.75, 3.05) is 0 Å². The molecule has 0 aliphatic carbocycles. The number of aromatic nitrogens is 1. The number of unbranched alkanes of at least 4 members (excludes halogenated alkanes) is 1. The molecule has 1 atom stereocenters. The summed E-state index contributed by atoms with van der Waals surface area (Å²) in [6.07, 6.45) is 2.31. The first-order valence-corrected chi connectivity index (χ1v) is 8.71. The molecule has 136 valence electrons. The Hall–Kier alpha value is -2.43. The number of aromatic hydroxyl groups is 2. The highest BCUT2D eigenvalue weighted by atomic mass is 16.4. The van der Waals surface area contributed by atoms with E-state index >= 15 is 0 Å². The Bertz CT molecular complexity index is 673. The van der Waals surface area contributed by atoms with Gasteiger partial charge in [-0.2, -0.15) is 0 Å². The van der Waals surface area contributed by atoms with Gasteiger partial charge in [0.15, 0.2) is 11.8 Å². The van der Waals surface area contributed by atoms with Gasteiger partial charge in [0.05, 0.1) is 0 Å². The molecule has 0 spiro atoms. The predicted octanol–water partition coefficient (Wildman–Crippen LogP) is 4.14. The zero-order valence-electron chi connectivity index (χ0n) is 14.9. The smallest absolute Gasteiger partial charge is 0.303 e. The Morgan fingerprint density at radius 2 is 1.64 bits per heavy atom. The lowest BCUT2D eigenvalue weighted by molar-refractivity contribution is -0.137. The van der Waals surface area contributed by atoms with Gasteiger partial charge in [0, 0.05) is 30.5 Å². The highest BCUT2D eigenvalue weighted by molar-refractivity contribution is 5.66. The lowest BCUT2D eigenvalue weighted by Gasteiger charge is -2.39. The van der Waals surface area contributed by atoms with E-state index in [0.717, 1.165) is 18.4 Å². The number of carboxylic acid groups (broad SMARTS) is 1. The minimum Gasteiger partial charge on any atom is -0.494 e. The van der Waals surface area contributed by atoms with Crippen LogP contribution in [0.5, 0.6) is 11.8 Å². The molecule has 1 unspecified atom stereocenters. The number of rotatable bonds is 9. The summed E-state index contributed by atoms with van der Waals surface area (Å²) in [5.41, 5.74) is 0.820. The van der Waals surface area contributed by atoms with Crippen molar-refractivity contribution in [3.8, 4) is 11.8 Å². The zero-order valence-corrected chi connectivity index (χ0v) is 14.9. The summed E-state index contributed by atoms with van der Waals surface area (Å²) < 4.78 is 1.52. The van der Waals surface area contributed by atoms with E-state index in [9.17, 15) is 15.0 Å². The maximum absolute atomic E-state index is 10.8. The van der Waals surface area contributed by atoms with Gasteiger partial charge in [-0.15, -0.1) is 0 Å². The van der Waals surface area contributed by atoms with Crippen molar-refractivity contribution in [2.24, 2.45) is 5.92 Å². The van der Waals surface area contributed by atoms with Crippen molar-refractivity contribution in [2.45, 2.75) is 51.5 Å². The first-order valence-electron chi connectivity index (χ1n) is 8.71. The molecule has 0 aliphatic rings. The van der Waals surface area contributed by atoms with E-state index in [4.69, 9.17) is 5.11 Å². The third kappa shape index (κ3) is 4.35. The van der Waals surface area contributed by atoms with E-state index in [1.165, 1.54) is 16.7 Å². The van der Waals surface area contributed by atoms with Crippen molar-refractivity contribution in [3.05, 3.63) is 48.0 Å². The second-order valence-corrected chi connectivity index (χ2v) is 6.91. The van der Waals surface area contributed by atoms with Crippen molar-refractivity contribution < 1.29 is 20.1 Å². The van der Waals surface area contributed by atoms with Crippen LogP contribution in [0.25, 0.3) is 0 Å². The average Bonchev–Trinajstić information content (AvgIpc) is 2.89. The summed E-state index contributed by atoms with van der Waals surface area (Å²) >= 11 is 0. The van der Waals surface area contributed by atoms with Gasteiger partial charge in [0.25, 0.3) is 0 Å². The van der Waals surface area contributed by atoms with Gasteiger partial charge in [-0.25, -0.2) is 0 Å². The molecule has 0 amide bonds. The molecule has 5 heteroatoms. The number of carboxylic acids is 1. The molecule has 3 N–H and O–H groups in total. The predicted molar refractivity (Wildman–Crippen MR) is 96.8 cm³/mol. The van der Waals surface area contributed by atoms with Crippen molar-refractivity contribution in [1.82, 2.24) is 4.57 Å². The fraction of sp³-hybridized carbons (Fsp3) is 0.450. The Morgan fingerprint density at radius 3 is 2.16 bits per heavy atom. The third-order valence-corrected chi connectivity index (χ3v) is 5.09. The molecule has 5 nitrogen and oxygen atoms in total. The number of benzene rings is 1. The second-order valence-electron chi connectivity index (χ2n) is 6.91. The topological polar surface area (TPSA) is 82.7 Å². The van der Waals surface area contributed by atoms with Crippen molar-refractivity contribution in [3.63, 3.8) is 0 Å². The van der Waals surface area contributed by atoms with Crippen LogP contribution in [0, 0.1) is 5.92 Å². The van der Waals surface area contributed by atoms with Crippen LogP contribution in [0.1, 0.15) is 45.1 Å². The van der Waals surface area contributed by atoms with Crippen LogP contribution in [-0.2, 0) is 16.8 Å². The van der Waals surface area contributed by atoms with Gasteiger partial charge in [0.2, 0.25) is 0 Å². The van der Waals surface area contributed by atoms with Crippen LogP contribution in [-0.4, -0.2) is 25.9 Å². The molecular weight excluding hydrogens is 318 g/mol. The van der Waals surface area contributed by atoms with Gasteiger partial charge < -0.3 is 15.3 Å². The van der Waals surface area contributed by atoms with Crippen LogP contribution in [0.3, 0.4) is 0 Å². The van der Waals surface area contributed by atoms with E-state index in [1.54, 1.807) is 0 Å². The third-order valence-electron chi connectivity index (χ3n) is 5.09. The fourth-order valence-electron chi connectivity index (χ4n) is 3.50. The largest absolute Gasteiger partial charge is 0.494 e. The number of aliphatic carboxylic acids is 1. The Labute approximate surface area is 148 Å². The molecule has 2 aromatic rings. The summed E-state index contributed by atoms with van der Waals surface area (Å²) in [6, 6.07) is 13.0. The molecule has 1 heterocycles.